The van der Waals surface area contributed by atoms with Gasteiger partial charge in [-0.1, -0.05) is 26.2 Å². The Morgan fingerprint density at radius 3 is 2.81 bits per heavy atom. The van der Waals surface area contributed by atoms with Crippen LogP contribution in [0.15, 0.2) is 0 Å². The van der Waals surface area contributed by atoms with Gasteiger partial charge in [-0.05, 0) is 44.4 Å². The smallest absolute Gasteiger partial charge is 0.320 e. The number of hydrogen-bond acceptors (Lipinski definition) is 3. The number of aliphatic carboxylic acids is 1. The summed E-state index contributed by atoms with van der Waals surface area (Å²) in [6.45, 7) is 3.00. The van der Waals surface area contributed by atoms with Crippen LogP contribution in [0, 0.1) is 5.92 Å². The van der Waals surface area contributed by atoms with Gasteiger partial charge in [0.1, 0.15) is 6.04 Å². The van der Waals surface area contributed by atoms with E-state index in [1.54, 1.807) is 0 Å². The Morgan fingerprint density at radius 2 is 2.05 bits per heavy atom. The van der Waals surface area contributed by atoms with E-state index < -0.39 is 5.97 Å². The number of carboxylic acids is 1. The summed E-state index contributed by atoms with van der Waals surface area (Å²) < 4.78 is 5.87. The molecular weight excluding hydrogens is 266 g/mol. The van der Waals surface area contributed by atoms with E-state index in [1.165, 1.54) is 25.7 Å². The first kappa shape index (κ1) is 15.3. The zero-order valence-electron chi connectivity index (χ0n) is 13.2. The molecule has 2 heterocycles. The van der Waals surface area contributed by atoms with Crippen molar-refractivity contribution < 1.29 is 14.6 Å². The Morgan fingerprint density at radius 1 is 1.24 bits per heavy atom. The lowest BCUT2D eigenvalue weighted by molar-refractivity contribution is -0.145. The van der Waals surface area contributed by atoms with Crippen molar-refractivity contribution in [1.29, 1.82) is 0 Å². The third-order valence-electron chi connectivity index (χ3n) is 5.79. The molecule has 0 aromatic rings. The van der Waals surface area contributed by atoms with Crippen LogP contribution in [-0.4, -0.2) is 46.8 Å². The van der Waals surface area contributed by atoms with Crippen molar-refractivity contribution in [3.63, 3.8) is 0 Å². The second kappa shape index (κ2) is 6.66. The molecule has 21 heavy (non-hydrogen) atoms. The second-order valence-electron chi connectivity index (χ2n) is 7.11. The van der Waals surface area contributed by atoms with Gasteiger partial charge in [0.05, 0.1) is 6.10 Å². The fourth-order valence-electron chi connectivity index (χ4n) is 4.90. The van der Waals surface area contributed by atoms with E-state index in [-0.39, 0.29) is 6.04 Å². The Kier molecular flexibility index (Phi) is 4.85. The van der Waals surface area contributed by atoms with Gasteiger partial charge in [0, 0.05) is 18.7 Å². The molecule has 0 amide bonds. The summed E-state index contributed by atoms with van der Waals surface area (Å²) in [6, 6.07) is 0.693. The van der Waals surface area contributed by atoms with Crippen molar-refractivity contribution in [1.82, 2.24) is 4.90 Å². The largest absolute Gasteiger partial charge is 0.480 e. The van der Waals surface area contributed by atoms with E-state index in [0.717, 1.165) is 38.7 Å². The number of carbonyl (C=O) groups is 1. The van der Waals surface area contributed by atoms with Crippen molar-refractivity contribution in [3.05, 3.63) is 0 Å². The molecule has 1 aliphatic carbocycles. The van der Waals surface area contributed by atoms with Gasteiger partial charge in [0.25, 0.3) is 0 Å². The quantitative estimate of drug-likeness (QED) is 0.866. The van der Waals surface area contributed by atoms with E-state index in [9.17, 15) is 9.90 Å². The first-order chi connectivity index (χ1) is 10.2. The lowest BCUT2D eigenvalue weighted by Gasteiger charge is -2.42. The fraction of sp³-hybridized carbons (Fsp3) is 0.941. The molecule has 1 saturated carbocycles. The van der Waals surface area contributed by atoms with E-state index in [4.69, 9.17) is 4.74 Å². The van der Waals surface area contributed by atoms with Crippen LogP contribution in [0.25, 0.3) is 0 Å². The number of hydrogen-bond donors (Lipinski definition) is 1. The highest BCUT2D eigenvalue weighted by Gasteiger charge is 2.48. The van der Waals surface area contributed by atoms with Gasteiger partial charge in [-0.2, -0.15) is 0 Å². The number of carboxylic acid groups (broad SMARTS) is 1. The Balaban J connectivity index is 1.74. The predicted octanol–water partition coefficient (Wildman–Crippen LogP) is 3.05. The molecule has 1 N–H and O–H groups in total. The predicted molar refractivity (Wildman–Crippen MR) is 81.3 cm³/mol. The van der Waals surface area contributed by atoms with Crippen LogP contribution in [0.2, 0.25) is 0 Å². The average Bonchev–Trinajstić information content (AvgIpc) is 2.87. The number of fused-ring (bicyclic) bond motifs is 1. The first-order valence-electron chi connectivity index (χ1n) is 8.82. The molecule has 5 unspecified atom stereocenters. The molecule has 3 rings (SSSR count). The van der Waals surface area contributed by atoms with Crippen molar-refractivity contribution in [3.8, 4) is 0 Å². The molecule has 0 radical (unpaired) electrons. The number of likely N-dealkylation sites (tertiary alicyclic amines) is 1. The highest BCUT2D eigenvalue weighted by Crippen LogP contribution is 2.42. The van der Waals surface area contributed by atoms with Gasteiger partial charge in [-0.25, -0.2) is 0 Å². The molecule has 0 spiro atoms. The number of ether oxygens (including phenoxy) is 1. The first-order valence-corrected chi connectivity index (χ1v) is 8.82. The minimum Gasteiger partial charge on any atom is -0.480 e. The highest BCUT2D eigenvalue weighted by molar-refractivity contribution is 5.74. The van der Waals surface area contributed by atoms with Gasteiger partial charge in [-0.3, -0.25) is 9.69 Å². The molecule has 5 atom stereocenters. The van der Waals surface area contributed by atoms with Gasteiger partial charge < -0.3 is 9.84 Å². The second-order valence-corrected chi connectivity index (χ2v) is 7.11. The number of nitrogens with zero attached hydrogens (tertiary/aromatic N) is 1. The Bertz CT molecular complexity index is 371. The Hall–Kier alpha value is -0.610. The molecule has 0 aromatic heterocycles. The highest BCUT2D eigenvalue weighted by atomic mass is 16.5. The SMILES string of the molecule is CCCC1CC(N2C(C(=O)O)CC3CCCCC32)CCO1. The maximum Gasteiger partial charge on any atom is 0.320 e. The maximum atomic E-state index is 11.7. The normalized spacial score (nSPS) is 40.9. The zero-order valence-corrected chi connectivity index (χ0v) is 13.2. The molecule has 0 aromatic carbocycles. The molecule has 4 heteroatoms. The monoisotopic (exact) mass is 295 g/mol. The lowest BCUT2D eigenvalue weighted by Crippen LogP contribution is -2.51. The lowest BCUT2D eigenvalue weighted by atomic mass is 9.84. The molecular formula is C17H29NO3. The molecule has 3 fully saturated rings. The molecule has 0 bridgehead atoms. The third-order valence-corrected chi connectivity index (χ3v) is 5.79. The van der Waals surface area contributed by atoms with Crippen LogP contribution >= 0.6 is 0 Å². The summed E-state index contributed by atoms with van der Waals surface area (Å²) in [5.41, 5.74) is 0. The molecule has 2 saturated heterocycles. The summed E-state index contributed by atoms with van der Waals surface area (Å²) in [4.78, 5) is 14.1. The van der Waals surface area contributed by atoms with Crippen molar-refractivity contribution >= 4 is 5.97 Å². The summed E-state index contributed by atoms with van der Waals surface area (Å²) in [6.07, 6.45) is 10.5. The zero-order chi connectivity index (χ0) is 14.8. The summed E-state index contributed by atoms with van der Waals surface area (Å²) in [5.74, 6) is 0.00949. The van der Waals surface area contributed by atoms with Crippen molar-refractivity contribution in [2.75, 3.05) is 6.61 Å². The van der Waals surface area contributed by atoms with Crippen LogP contribution in [0.3, 0.4) is 0 Å². The van der Waals surface area contributed by atoms with Gasteiger partial charge in [0.2, 0.25) is 0 Å². The average molecular weight is 295 g/mol. The van der Waals surface area contributed by atoms with Crippen LogP contribution in [0.4, 0.5) is 0 Å². The maximum absolute atomic E-state index is 11.7. The van der Waals surface area contributed by atoms with Crippen LogP contribution in [0.1, 0.15) is 64.7 Å². The Labute approximate surface area is 127 Å². The third kappa shape index (κ3) is 3.11. The fourth-order valence-corrected chi connectivity index (χ4v) is 4.90. The molecule has 4 nitrogen and oxygen atoms in total. The van der Waals surface area contributed by atoms with Gasteiger partial charge >= 0.3 is 5.97 Å². The topological polar surface area (TPSA) is 49.8 Å². The van der Waals surface area contributed by atoms with Crippen molar-refractivity contribution in [2.45, 2.75) is 88.9 Å². The van der Waals surface area contributed by atoms with E-state index in [2.05, 4.69) is 11.8 Å². The van der Waals surface area contributed by atoms with E-state index >= 15 is 0 Å². The summed E-state index contributed by atoms with van der Waals surface area (Å²) in [5, 5.41) is 9.66. The summed E-state index contributed by atoms with van der Waals surface area (Å²) in [7, 11) is 0. The van der Waals surface area contributed by atoms with Crippen LogP contribution in [0.5, 0.6) is 0 Å². The molecule has 2 aliphatic heterocycles. The minimum absolute atomic E-state index is 0.247. The molecule has 3 aliphatic rings. The number of rotatable bonds is 4. The van der Waals surface area contributed by atoms with Crippen LogP contribution < -0.4 is 0 Å². The van der Waals surface area contributed by atoms with Gasteiger partial charge in [-0.15, -0.1) is 0 Å². The van der Waals surface area contributed by atoms with Crippen molar-refractivity contribution in [2.24, 2.45) is 5.92 Å². The van der Waals surface area contributed by atoms with E-state index in [0.29, 0.717) is 24.1 Å². The minimum atomic E-state index is -0.608. The summed E-state index contributed by atoms with van der Waals surface area (Å²) >= 11 is 0. The van der Waals surface area contributed by atoms with Crippen LogP contribution in [-0.2, 0) is 9.53 Å². The van der Waals surface area contributed by atoms with E-state index in [1.807, 2.05) is 0 Å². The standard InChI is InChI=1S/C17H29NO3/c1-2-5-14-11-13(8-9-21-14)18-15-7-4-3-6-12(15)10-16(18)17(19)20/h12-16H,2-11H2,1H3,(H,19,20). The van der Waals surface area contributed by atoms with Gasteiger partial charge in [0.15, 0.2) is 0 Å². The molecule has 120 valence electrons.